The Morgan fingerprint density at radius 1 is 1.38 bits per heavy atom. The largest absolute Gasteiger partial charge is 0.370 e. The van der Waals surface area contributed by atoms with Gasteiger partial charge in [0, 0.05) is 25.6 Å². The first-order valence-corrected chi connectivity index (χ1v) is 9.80. The Morgan fingerprint density at radius 2 is 2.14 bits per heavy atom. The third kappa shape index (κ3) is 4.31. The van der Waals surface area contributed by atoms with Crippen molar-refractivity contribution in [2.45, 2.75) is 12.7 Å². The molecule has 9 heteroatoms. The Hall–Kier alpha value is -1.35. The van der Waals surface area contributed by atoms with Crippen LogP contribution in [0.3, 0.4) is 0 Å². The molecule has 0 saturated carbocycles. The SMILES string of the molecule is CCNc1nc(CSCCS(C)(=O)=O)nc2c1cnn2C. The molecule has 0 spiro atoms. The zero-order chi connectivity index (χ0) is 15.5. The molecule has 21 heavy (non-hydrogen) atoms. The smallest absolute Gasteiger partial charge is 0.163 e. The molecular weight excluding hydrogens is 310 g/mol. The number of rotatable bonds is 7. The summed E-state index contributed by atoms with van der Waals surface area (Å²) in [5, 5.41) is 8.30. The molecule has 2 rings (SSSR count). The van der Waals surface area contributed by atoms with Crippen LogP contribution in [0.2, 0.25) is 0 Å². The Kier molecular flexibility index (Phi) is 5.04. The van der Waals surface area contributed by atoms with E-state index in [4.69, 9.17) is 0 Å². The summed E-state index contributed by atoms with van der Waals surface area (Å²) in [6, 6.07) is 0. The zero-order valence-electron chi connectivity index (χ0n) is 12.3. The molecule has 7 nitrogen and oxygen atoms in total. The van der Waals surface area contributed by atoms with Gasteiger partial charge in [-0.2, -0.15) is 16.9 Å². The standard InChI is InChI=1S/C12H19N5O2S2/c1-4-13-11-9-7-14-17(2)12(9)16-10(15-11)8-20-5-6-21(3,18)19/h7H,4-6,8H2,1-3H3,(H,13,15,16). The molecule has 0 amide bonds. The predicted molar refractivity (Wildman–Crippen MR) is 86.3 cm³/mol. The Balaban J connectivity index is 2.14. The summed E-state index contributed by atoms with van der Waals surface area (Å²) < 4.78 is 23.9. The number of thioether (sulfide) groups is 1. The van der Waals surface area contributed by atoms with Crippen molar-refractivity contribution < 1.29 is 8.42 Å². The number of anilines is 1. The van der Waals surface area contributed by atoms with Gasteiger partial charge in [0.15, 0.2) is 5.65 Å². The predicted octanol–water partition coefficient (Wildman–Crippen LogP) is 1.07. The van der Waals surface area contributed by atoms with Gasteiger partial charge in [-0.05, 0) is 6.92 Å². The zero-order valence-corrected chi connectivity index (χ0v) is 14.0. The van der Waals surface area contributed by atoms with E-state index in [1.807, 2.05) is 14.0 Å². The molecular formula is C12H19N5O2S2. The second-order valence-electron chi connectivity index (χ2n) is 4.71. The minimum absolute atomic E-state index is 0.172. The van der Waals surface area contributed by atoms with E-state index in [0.717, 1.165) is 23.4 Å². The average Bonchev–Trinajstić information content (AvgIpc) is 2.76. The summed E-state index contributed by atoms with van der Waals surface area (Å²) in [6.07, 6.45) is 2.99. The van der Waals surface area contributed by atoms with E-state index < -0.39 is 9.84 Å². The van der Waals surface area contributed by atoms with Gasteiger partial charge in [0.05, 0.1) is 23.1 Å². The molecule has 2 heterocycles. The maximum atomic E-state index is 11.1. The normalized spacial score (nSPS) is 12.0. The van der Waals surface area contributed by atoms with E-state index >= 15 is 0 Å². The number of nitrogens with one attached hydrogen (secondary N) is 1. The van der Waals surface area contributed by atoms with E-state index in [9.17, 15) is 8.42 Å². The lowest BCUT2D eigenvalue weighted by Gasteiger charge is -2.07. The molecule has 0 aliphatic heterocycles. The highest BCUT2D eigenvalue weighted by atomic mass is 32.2. The number of aryl methyl sites for hydroxylation is 1. The van der Waals surface area contributed by atoms with Crippen LogP contribution in [0.15, 0.2) is 6.20 Å². The topological polar surface area (TPSA) is 89.8 Å². The van der Waals surface area contributed by atoms with Crippen LogP contribution in [0.5, 0.6) is 0 Å². The van der Waals surface area contributed by atoms with Crippen LogP contribution in [0.25, 0.3) is 11.0 Å². The van der Waals surface area contributed by atoms with Crippen molar-refractivity contribution in [3.63, 3.8) is 0 Å². The van der Waals surface area contributed by atoms with Gasteiger partial charge in [-0.3, -0.25) is 4.68 Å². The van der Waals surface area contributed by atoms with E-state index in [0.29, 0.717) is 17.3 Å². The Labute approximate surface area is 128 Å². The van der Waals surface area contributed by atoms with Gasteiger partial charge in [0.25, 0.3) is 0 Å². The monoisotopic (exact) mass is 329 g/mol. The van der Waals surface area contributed by atoms with Crippen molar-refractivity contribution in [1.82, 2.24) is 19.7 Å². The molecule has 116 valence electrons. The first-order valence-electron chi connectivity index (χ1n) is 6.58. The number of sulfone groups is 1. The molecule has 0 aliphatic carbocycles. The van der Waals surface area contributed by atoms with Crippen molar-refractivity contribution in [2.24, 2.45) is 7.05 Å². The fraction of sp³-hybridized carbons (Fsp3) is 0.583. The van der Waals surface area contributed by atoms with Gasteiger partial charge in [-0.1, -0.05) is 0 Å². The first kappa shape index (κ1) is 16.0. The van der Waals surface area contributed by atoms with Crippen molar-refractivity contribution in [3.05, 3.63) is 12.0 Å². The lowest BCUT2D eigenvalue weighted by atomic mass is 10.4. The first-order chi connectivity index (χ1) is 9.90. The van der Waals surface area contributed by atoms with E-state index in [1.54, 1.807) is 10.9 Å². The minimum atomic E-state index is -2.92. The lowest BCUT2D eigenvalue weighted by molar-refractivity contribution is 0.603. The molecule has 2 aromatic heterocycles. The number of nitrogens with zero attached hydrogens (tertiary/aromatic N) is 4. The van der Waals surface area contributed by atoms with Gasteiger partial charge in [0.2, 0.25) is 0 Å². The highest BCUT2D eigenvalue weighted by Gasteiger charge is 2.11. The third-order valence-corrected chi connectivity index (χ3v) is 4.97. The molecule has 0 unspecified atom stereocenters. The van der Waals surface area contributed by atoms with Crippen molar-refractivity contribution >= 4 is 38.5 Å². The highest BCUT2D eigenvalue weighted by molar-refractivity contribution is 7.99. The van der Waals surface area contributed by atoms with Gasteiger partial charge < -0.3 is 5.32 Å². The number of fused-ring (bicyclic) bond motifs is 1. The van der Waals surface area contributed by atoms with Crippen LogP contribution in [0.1, 0.15) is 12.7 Å². The van der Waals surface area contributed by atoms with E-state index in [-0.39, 0.29) is 5.75 Å². The average molecular weight is 329 g/mol. The summed E-state index contributed by atoms with van der Waals surface area (Å²) in [5.41, 5.74) is 0.777. The number of hydrogen-bond acceptors (Lipinski definition) is 7. The molecule has 0 saturated heterocycles. The summed E-state index contributed by atoms with van der Waals surface area (Å²) in [5.74, 6) is 2.75. The molecule has 0 aliphatic rings. The van der Waals surface area contributed by atoms with Crippen LogP contribution in [-0.4, -0.2) is 52.5 Å². The number of hydrogen-bond donors (Lipinski definition) is 1. The molecule has 0 aromatic carbocycles. The van der Waals surface area contributed by atoms with Crippen LogP contribution in [0.4, 0.5) is 5.82 Å². The molecule has 0 radical (unpaired) electrons. The lowest BCUT2D eigenvalue weighted by Crippen LogP contribution is -2.07. The van der Waals surface area contributed by atoms with Crippen LogP contribution < -0.4 is 5.32 Å². The fourth-order valence-electron chi connectivity index (χ4n) is 1.81. The summed E-state index contributed by atoms with van der Waals surface area (Å²) in [6.45, 7) is 2.77. The van der Waals surface area contributed by atoms with E-state index in [2.05, 4.69) is 20.4 Å². The number of aromatic nitrogens is 4. The van der Waals surface area contributed by atoms with Crippen LogP contribution in [0, 0.1) is 0 Å². The second kappa shape index (κ2) is 6.61. The van der Waals surface area contributed by atoms with Gasteiger partial charge >= 0.3 is 0 Å². The van der Waals surface area contributed by atoms with Gasteiger partial charge in [0.1, 0.15) is 21.5 Å². The van der Waals surface area contributed by atoms with Crippen molar-refractivity contribution in [2.75, 3.05) is 29.6 Å². The summed E-state index contributed by atoms with van der Waals surface area (Å²) in [4.78, 5) is 8.98. The maximum absolute atomic E-state index is 11.1. The minimum Gasteiger partial charge on any atom is -0.370 e. The van der Waals surface area contributed by atoms with Crippen LogP contribution >= 0.6 is 11.8 Å². The highest BCUT2D eigenvalue weighted by Crippen LogP contribution is 2.21. The molecule has 0 atom stereocenters. The third-order valence-electron chi connectivity index (χ3n) is 2.81. The molecule has 0 bridgehead atoms. The van der Waals surface area contributed by atoms with Crippen molar-refractivity contribution in [3.8, 4) is 0 Å². The van der Waals surface area contributed by atoms with Gasteiger partial charge in [-0.15, -0.1) is 0 Å². The molecule has 2 aromatic rings. The summed E-state index contributed by atoms with van der Waals surface area (Å²) in [7, 11) is -1.08. The maximum Gasteiger partial charge on any atom is 0.163 e. The Bertz CT molecular complexity index is 727. The van der Waals surface area contributed by atoms with Crippen LogP contribution in [-0.2, 0) is 22.6 Å². The fourth-order valence-corrected chi connectivity index (χ4v) is 3.95. The van der Waals surface area contributed by atoms with Gasteiger partial charge in [-0.25, -0.2) is 18.4 Å². The van der Waals surface area contributed by atoms with Crippen molar-refractivity contribution in [1.29, 1.82) is 0 Å². The Morgan fingerprint density at radius 3 is 2.81 bits per heavy atom. The second-order valence-corrected chi connectivity index (χ2v) is 8.07. The quantitative estimate of drug-likeness (QED) is 0.760. The molecule has 1 N–H and O–H groups in total. The summed E-state index contributed by atoms with van der Waals surface area (Å²) >= 11 is 1.52. The molecule has 0 fully saturated rings. The van der Waals surface area contributed by atoms with E-state index in [1.165, 1.54) is 18.0 Å².